The van der Waals surface area contributed by atoms with E-state index in [0.717, 1.165) is 11.3 Å². The second kappa shape index (κ2) is 6.22. The zero-order valence-corrected chi connectivity index (χ0v) is 15.5. The van der Waals surface area contributed by atoms with Crippen molar-refractivity contribution in [2.75, 3.05) is 0 Å². The molecule has 1 atom stereocenters. The molecule has 1 aliphatic heterocycles. The first-order valence-electron chi connectivity index (χ1n) is 8.78. The van der Waals surface area contributed by atoms with Gasteiger partial charge in [0, 0.05) is 19.0 Å². The Labute approximate surface area is 155 Å². The fourth-order valence-electron chi connectivity index (χ4n) is 3.50. The van der Waals surface area contributed by atoms with Crippen molar-refractivity contribution in [1.29, 1.82) is 0 Å². The molecule has 1 aliphatic rings. The molecule has 0 fully saturated rings. The Morgan fingerprint density at radius 3 is 2.96 bits per heavy atom. The van der Waals surface area contributed by atoms with Crippen molar-refractivity contribution in [3.05, 3.63) is 52.7 Å². The summed E-state index contributed by atoms with van der Waals surface area (Å²) >= 11 is 0. The van der Waals surface area contributed by atoms with Crippen LogP contribution in [-0.2, 0) is 18.4 Å². The molecule has 27 heavy (non-hydrogen) atoms. The molecular formula is C19H21N5O3. The second-order valence-electron chi connectivity index (χ2n) is 7.41. The number of benzene rings is 1. The Hall–Kier alpha value is -3.16. The zero-order chi connectivity index (χ0) is 19.2. The van der Waals surface area contributed by atoms with Crippen molar-refractivity contribution in [1.82, 2.24) is 24.6 Å². The van der Waals surface area contributed by atoms with Crippen LogP contribution in [0.4, 0.5) is 0 Å². The highest BCUT2D eigenvalue weighted by Gasteiger charge is 2.34. The minimum Gasteiger partial charge on any atom is -0.487 e. The summed E-state index contributed by atoms with van der Waals surface area (Å²) in [4.78, 5) is 29.4. The van der Waals surface area contributed by atoms with Gasteiger partial charge in [-0.2, -0.15) is 5.10 Å². The van der Waals surface area contributed by atoms with E-state index in [-0.39, 0.29) is 29.7 Å². The first-order chi connectivity index (χ1) is 12.8. The molecule has 0 spiro atoms. The molecule has 0 saturated carbocycles. The molecule has 140 valence electrons. The van der Waals surface area contributed by atoms with Crippen LogP contribution < -0.4 is 15.6 Å². The summed E-state index contributed by atoms with van der Waals surface area (Å²) in [5.74, 6) is 0.523. The van der Waals surface area contributed by atoms with Gasteiger partial charge in [0.15, 0.2) is 5.65 Å². The predicted octanol–water partition coefficient (Wildman–Crippen LogP) is 1.55. The van der Waals surface area contributed by atoms with Gasteiger partial charge >= 0.3 is 0 Å². The summed E-state index contributed by atoms with van der Waals surface area (Å²) in [6.45, 7) is 3.89. The third-order valence-corrected chi connectivity index (χ3v) is 4.74. The highest BCUT2D eigenvalue weighted by molar-refractivity contribution is 5.77. The molecular weight excluding hydrogens is 346 g/mol. The predicted molar refractivity (Wildman–Crippen MR) is 99.4 cm³/mol. The Balaban J connectivity index is 1.57. The number of fused-ring (bicyclic) bond motifs is 2. The van der Waals surface area contributed by atoms with E-state index in [4.69, 9.17) is 4.74 Å². The molecule has 0 radical (unpaired) electrons. The number of hydrogen-bond acceptors (Lipinski definition) is 5. The molecule has 0 saturated heterocycles. The molecule has 2 aromatic heterocycles. The van der Waals surface area contributed by atoms with E-state index >= 15 is 0 Å². The topological polar surface area (TPSA) is 91.0 Å². The number of aryl methyl sites for hydroxylation is 1. The van der Waals surface area contributed by atoms with E-state index in [1.54, 1.807) is 7.05 Å². The number of ether oxygens (including phenoxy) is 1. The van der Waals surface area contributed by atoms with Crippen LogP contribution in [0.1, 0.15) is 31.9 Å². The van der Waals surface area contributed by atoms with Crippen LogP contribution in [-0.4, -0.2) is 30.8 Å². The fraction of sp³-hybridized carbons (Fsp3) is 0.368. The smallest absolute Gasteiger partial charge is 0.264 e. The number of nitrogens with one attached hydrogen (secondary N) is 1. The number of para-hydroxylation sites is 1. The Kier molecular flexibility index (Phi) is 3.98. The maximum absolute atomic E-state index is 12.6. The van der Waals surface area contributed by atoms with Crippen molar-refractivity contribution in [2.24, 2.45) is 7.05 Å². The number of nitrogens with zero attached hydrogens (tertiary/aromatic N) is 4. The molecule has 0 aliphatic carbocycles. The van der Waals surface area contributed by atoms with Crippen LogP contribution in [0.15, 0.2) is 41.6 Å². The number of amides is 1. The van der Waals surface area contributed by atoms with E-state index in [0.29, 0.717) is 17.5 Å². The SMILES string of the molecule is Cn1ncc2c(=O)n(CC(=O)NC3CC(C)(C)Oc4ccccc43)cnc21. The molecule has 0 bridgehead atoms. The van der Waals surface area contributed by atoms with Gasteiger partial charge < -0.3 is 10.1 Å². The summed E-state index contributed by atoms with van der Waals surface area (Å²) < 4.78 is 8.82. The van der Waals surface area contributed by atoms with E-state index in [9.17, 15) is 9.59 Å². The highest BCUT2D eigenvalue weighted by Crippen LogP contribution is 2.39. The lowest BCUT2D eigenvalue weighted by molar-refractivity contribution is -0.123. The maximum atomic E-state index is 12.6. The summed E-state index contributed by atoms with van der Waals surface area (Å²) in [6.07, 6.45) is 3.49. The standard InChI is InChI=1S/C19H21N5O3/c1-19(2)8-14(12-6-4-5-7-15(12)27-19)22-16(25)10-24-11-20-17-13(18(24)26)9-21-23(17)3/h4-7,9,11,14H,8,10H2,1-3H3,(H,22,25). The van der Waals surface area contributed by atoms with Crippen molar-refractivity contribution in [3.63, 3.8) is 0 Å². The molecule has 1 aromatic carbocycles. The molecule has 8 nitrogen and oxygen atoms in total. The third kappa shape index (κ3) is 3.18. The van der Waals surface area contributed by atoms with Crippen LogP contribution in [0.2, 0.25) is 0 Å². The van der Waals surface area contributed by atoms with Gasteiger partial charge in [0.2, 0.25) is 5.91 Å². The molecule has 1 unspecified atom stereocenters. The number of hydrogen-bond donors (Lipinski definition) is 1. The lowest BCUT2D eigenvalue weighted by Gasteiger charge is -2.37. The normalized spacial score (nSPS) is 18.0. The highest BCUT2D eigenvalue weighted by atomic mass is 16.5. The fourth-order valence-corrected chi connectivity index (χ4v) is 3.50. The van der Waals surface area contributed by atoms with Gasteiger partial charge in [-0.15, -0.1) is 0 Å². The van der Waals surface area contributed by atoms with Crippen molar-refractivity contribution < 1.29 is 9.53 Å². The van der Waals surface area contributed by atoms with Gasteiger partial charge in [0.05, 0.1) is 12.2 Å². The summed E-state index contributed by atoms with van der Waals surface area (Å²) in [5, 5.41) is 7.46. The van der Waals surface area contributed by atoms with Crippen LogP contribution in [0, 0.1) is 0 Å². The summed E-state index contributed by atoms with van der Waals surface area (Å²) in [7, 11) is 1.72. The van der Waals surface area contributed by atoms with Crippen LogP contribution in [0.25, 0.3) is 11.0 Å². The minimum absolute atomic E-state index is 0.101. The van der Waals surface area contributed by atoms with Gasteiger partial charge in [-0.25, -0.2) is 4.98 Å². The molecule has 3 aromatic rings. The summed E-state index contributed by atoms with van der Waals surface area (Å²) in [6, 6.07) is 7.51. The van der Waals surface area contributed by atoms with E-state index in [2.05, 4.69) is 15.4 Å². The number of aromatic nitrogens is 4. The van der Waals surface area contributed by atoms with Crippen molar-refractivity contribution in [2.45, 2.75) is 38.5 Å². The number of carbonyl (C=O) groups excluding carboxylic acids is 1. The Bertz CT molecular complexity index is 1080. The van der Waals surface area contributed by atoms with Gasteiger partial charge in [-0.05, 0) is 19.9 Å². The molecule has 3 heterocycles. The molecule has 1 N–H and O–H groups in total. The molecule has 8 heteroatoms. The van der Waals surface area contributed by atoms with Crippen LogP contribution in [0.5, 0.6) is 5.75 Å². The maximum Gasteiger partial charge on any atom is 0.264 e. The van der Waals surface area contributed by atoms with E-state index < -0.39 is 0 Å². The summed E-state index contributed by atoms with van der Waals surface area (Å²) in [5.41, 5.74) is 0.769. The zero-order valence-electron chi connectivity index (χ0n) is 15.5. The lowest BCUT2D eigenvalue weighted by atomic mass is 9.89. The van der Waals surface area contributed by atoms with Gasteiger partial charge in [-0.3, -0.25) is 18.8 Å². The Morgan fingerprint density at radius 1 is 1.37 bits per heavy atom. The second-order valence-corrected chi connectivity index (χ2v) is 7.41. The Morgan fingerprint density at radius 2 is 2.15 bits per heavy atom. The van der Waals surface area contributed by atoms with Crippen molar-refractivity contribution >= 4 is 16.9 Å². The van der Waals surface area contributed by atoms with Crippen LogP contribution in [0.3, 0.4) is 0 Å². The van der Waals surface area contributed by atoms with Gasteiger partial charge in [0.1, 0.15) is 29.6 Å². The number of carbonyl (C=O) groups is 1. The van der Waals surface area contributed by atoms with Crippen LogP contribution >= 0.6 is 0 Å². The number of rotatable bonds is 3. The first-order valence-corrected chi connectivity index (χ1v) is 8.78. The van der Waals surface area contributed by atoms with E-state index in [1.165, 1.54) is 21.8 Å². The molecule has 4 rings (SSSR count). The monoisotopic (exact) mass is 367 g/mol. The largest absolute Gasteiger partial charge is 0.487 e. The van der Waals surface area contributed by atoms with E-state index in [1.807, 2.05) is 38.1 Å². The lowest BCUT2D eigenvalue weighted by Crippen LogP contribution is -2.42. The van der Waals surface area contributed by atoms with Gasteiger partial charge in [0.25, 0.3) is 5.56 Å². The third-order valence-electron chi connectivity index (χ3n) is 4.74. The quantitative estimate of drug-likeness (QED) is 0.758. The average Bonchev–Trinajstić information content (AvgIpc) is 2.98. The minimum atomic E-state index is -0.390. The molecule has 1 amide bonds. The first kappa shape index (κ1) is 17.3. The average molecular weight is 367 g/mol. The van der Waals surface area contributed by atoms with Gasteiger partial charge in [-0.1, -0.05) is 18.2 Å². The van der Waals surface area contributed by atoms with Crippen molar-refractivity contribution in [3.8, 4) is 5.75 Å².